The first kappa shape index (κ1) is 23.9. The van der Waals surface area contributed by atoms with E-state index in [2.05, 4.69) is 32.0 Å². The maximum absolute atomic E-state index is 15.0. The average Bonchev–Trinajstić information content (AvgIpc) is 3.15. The number of aryl methyl sites for hydroxylation is 1. The van der Waals surface area contributed by atoms with Gasteiger partial charge in [-0.1, -0.05) is 18.5 Å². The molecular weight excluding hydrogens is 635 g/mol. The van der Waals surface area contributed by atoms with Crippen LogP contribution in [0.3, 0.4) is 0 Å². The molecule has 0 unspecified atom stereocenters. The Balaban J connectivity index is 1.51. The number of benzene rings is 1. The van der Waals surface area contributed by atoms with E-state index in [1.54, 1.807) is 33.8 Å². The number of pyridine rings is 1. The molecule has 33 heavy (non-hydrogen) atoms. The van der Waals surface area contributed by atoms with Crippen LogP contribution in [0.25, 0.3) is 5.65 Å². The quantitative estimate of drug-likeness (QED) is 0.409. The topological polar surface area (TPSA) is 65.2 Å². The van der Waals surface area contributed by atoms with Crippen molar-refractivity contribution in [1.29, 1.82) is 0 Å². The molecule has 0 atom stereocenters. The molecule has 3 heterocycles. The van der Waals surface area contributed by atoms with E-state index in [-0.39, 0.29) is 24.2 Å². The fourth-order valence-corrected chi connectivity index (χ4v) is 5.83. The van der Waals surface area contributed by atoms with Gasteiger partial charge in [0.2, 0.25) is 0 Å². The van der Waals surface area contributed by atoms with E-state index in [1.165, 1.54) is 6.07 Å². The van der Waals surface area contributed by atoms with Crippen molar-refractivity contribution in [3.8, 4) is 0 Å². The van der Waals surface area contributed by atoms with Crippen molar-refractivity contribution in [3.05, 3.63) is 64.3 Å². The summed E-state index contributed by atoms with van der Waals surface area (Å²) < 4.78 is 18.9. The number of amidine groups is 1. The van der Waals surface area contributed by atoms with Crippen molar-refractivity contribution >= 4 is 60.7 Å². The van der Waals surface area contributed by atoms with Crippen molar-refractivity contribution in [2.24, 2.45) is 11.0 Å². The van der Waals surface area contributed by atoms with Crippen molar-refractivity contribution in [2.45, 2.75) is 33.7 Å². The van der Waals surface area contributed by atoms with Crippen LogP contribution in [0.2, 0.25) is 5.02 Å². The first-order valence-electron chi connectivity index (χ1n) is 10.9. The van der Waals surface area contributed by atoms with E-state index in [0.29, 0.717) is 72.3 Å². The predicted octanol–water partition coefficient (Wildman–Crippen LogP) is 3.79. The molecule has 1 aromatic carbocycles. The van der Waals surface area contributed by atoms with Gasteiger partial charge in [-0.3, -0.25) is 4.40 Å². The van der Waals surface area contributed by atoms with Crippen LogP contribution >= 0.6 is 11.6 Å². The number of aromatic nitrogens is 2. The minimum atomic E-state index is -0.353. The van der Waals surface area contributed by atoms with Gasteiger partial charge in [0.1, 0.15) is 5.65 Å². The summed E-state index contributed by atoms with van der Waals surface area (Å²) >= 11 is 6.79. The molecule has 0 bridgehead atoms. The third kappa shape index (κ3) is 5.01. The van der Waals surface area contributed by atoms with Crippen molar-refractivity contribution in [2.75, 3.05) is 18.1 Å². The molecule has 4 rings (SSSR count). The Labute approximate surface area is 213 Å². The Morgan fingerprint density at radius 2 is 2.06 bits per heavy atom. The fraction of sp³-hybridized carbons (Fsp3) is 0.348. The zero-order chi connectivity index (χ0) is 23.7. The van der Waals surface area contributed by atoms with Crippen LogP contribution in [-0.2, 0) is 13.0 Å². The number of nitrogens with zero attached hydrogens (tertiary/aromatic N) is 5. The molecular formula is C23H25ClFN6OTl. The molecule has 1 N–H and O–H groups in total. The number of rotatable bonds is 6. The standard InChI is InChI=1S/C23H26ClFN6O.Tl/c1-4-18-21(30-13-16(24)6-8-20(30)28-18)23(32)27-12-15-5-7-19(17(25)11-15)31-10-9-26-22(29-31)14(2)3;/h5-8,11,13-14H,4,9-10,12H2,1-3H3,(H2,26,27,29,32);/q;+1/p-1. The van der Waals surface area contributed by atoms with E-state index >= 15 is 0 Å². The third-order valence-corrected chi connectivity index (χ3v) is 7.79. The molecule has 1 aliphatic heterocycles. The van der Waals surface area contributed by atoms with Crippen LogP contribution in [0.4, 0.5) is 10.1 Å². The van der Waals surface area contributed by atoms with E-state index in [4.69, 9.17) is 11.6 Å². The average molecular weight is 660 g/mol. The molecule has 0 radical (unpaired) electrons. The van der Waals surface area contributed by atoms with Gasteiger partial charge in [0.05, 0.1) is 10.7 Å². The van der Waals surface area contributed by atoms with Gasteiger partial charge in [-0.05, 0) is 18.6 Å². The molecule has 3 aromatic rings. The van der Waals surface area contributed by atoms with Gasteiger partial charge in [0.15, 0.2) is 0 Å². The number of nitrogens with one attached hydrogen (secondary N) is 1. The zero-order valence-electron chi connectivity index (χ0n) is 18.8. The number of hydrogen-bond acceptors (Lipinski definition) is 5. The zero-order valence-corrected chi connectivity index (χ0v) is 24.1. The molecule has 1 amide bonds. The van der Waals surface area contributed by atoms with Gasteiger partial charge >= 0.3 is 145 Å². The molecule has 2 aromatic heterocycles. The molecule has 0 fully saturated rings. The number of fused-ring (bicyclic) bond motifs is 1. The van der Waals surface area contributed by atoms with Crippen LogP contribution in [0.5, 0.6) is 0 Å². The molecule has 0 saturated carbocycles. The van der Waals surface area contributed by atoms with Crippen LogP contribution in [0.1, 0.15) is 42.5 Å². The third-order valence-electron chi connectivity index (χ3n) is 5.53. The number of amides is 1. The number of carbonyl (C=O) groups is 1. The summed E-state index contributed by atoms with van der Waals surface area (Å²) in [5.74, 6) is 0.662. The van der Waals surface area contributed by atoms with Gasteiger partial charge in [0, 0.05) is 6.20 Å². The molecule has 7 nitrogen and oxygen atoms in total. The SMILES string of the molecule is CCc1nc2ccc(Cl)cn2c1C(=O)NCc1ccc(N2CC[N]([Tl])C(C(C)C)=N2)c(F)c1. The second-order valence-electron chi connectivity index (χ2n) is 8.23. The molecule has 10 heteroatoms. The molecule has 1 aliphatic rings. The Hall–Kier alpha value is -2.21. The summed E-state index contributed by atoms with van der Waals surface area (Å²) in [7, 11) is 0. The van der Waals surface area contributed by atoms with Gasteiger partial charge < -0.3 is 0 Å². The first-order valence-corrected chi connectivity index (χ1v) is 13.3. The molecule has 0 spiro atoms. The van der Waals surface area contributed by atoms with Gasteiger partial charge in [-0.15, -0.1) is 0 Å². The van der Waals surface area contributed by atoms with E-state index < -0.39 is 0 Å². The van der Waals surface area contributed by atoms with Crippen LogP contribution in [0, 0.1) is 11.7 Å². The number of carbonyl (C=O) groups excluding carboxylic acids is 1. The fourth-order valence-electron chi connectivity index (χ4n) is 3.86. The Morgan fingerprint density at radius 3 is 2.76 bits per heavy atom. The number of halogens is 2. The normalized spacial score (nSPS) is 14.2. The van der Waals surface area contributed by atoms with E-state index in [9.17, 15) is 9.18 Å². The minimum absolute atomic E-state index is 0.197. The van der Waals surface area contributed by atoms with Gasteiger partial charge in [0.25, 0.3) is 0 Å². The van der Waals surface area contributed by atoms with Crippen molar-refractivity contribution < 1.29 is 9.18 Å². The van der Waals surface area contributed by atoms with E-state index in [1.807, 2.05) is 13.0 Å². The number of hydrogen-bond donors (Lipinski definition) is 1. The summed E-state index contributed by atoms with van der Waals surface area (Å²) in [6, 6.07) is 8.53. The number of hydrazone groups is 1. The second kappa shape index (κ2) is 9.96. The summed E-state index contributed by atoms with van der Waals surface area (Å²) in [4.78, 5) is 17.5. The van der Waals surface area contributed by atoms with Crippen molar-refractivity contribution in [3.63, 3.8) is 0 Å². The number of imidazole rings is 1. The summed E-state index contributed by atoms with van der Waals surface area (Å²) in [6.45, 7) is 7.84. The molecule has 0 saturated heterocycles. The van der Waals surface area contributed by atoms with Crippen LogP contribution in [-0.4, -0.2) is 63.0 Å². The molecule has 170 valence electrons. The maximum atomic E-state index is 15.0. The van der Waals surface area contributed by atoms with E-state index in [0.717, 1.165) is 12.4 Å². The molecule has 0 aliphatic carbocycles. The van der Waals surface area contributed by atoms with Crippen molar-refractivity contribution in [1.82, 2.24) is 17.4 Å². The summed E-state index contributed by atoms with van der Waals surface area (Å²) in [5.41, 5.74) is 2.92. The van der Waals surface area contributed by atoms with Gasteiger partial charge in [-0.25, -0.2) is 4.98 Å². The first-order chi connectivity index (χ1) is 15.8. The summed E-state index contributed by atoms with van der Waals surface area (Å²) in [6.07, 6.45) is 2.29. The Kier molecular flexibility index (Phi) is 7.22. The summed E-state index contributed by atoms with van der Waals surface area (Å²) in [5, 5.41) is 9.82. The van der Waals surface area contributed by atoms with Crippen LogP contribution in [0.15, 0.2) is 41.6 Å². The van der Waals surface area contributed by atoms with Crippen LogP contribution < -0.4 is 10.3 Å². The second-order valence-corrected chi connectivity index (χ2v) is 11.1. The Morgan fingerprint density at radius 1 is 1.27 bits per heavy atom. The Bertz CT molecular complexity index is 1230. The monoisotopic (exact) mass is 660 g/mol. The predicted molar refractivity (Wildman–Crippen MR) is 129 cm³/mol. The van der Waals surface area contributed by atoms with Gasteiger partial charge in [-0.2, -0.15) is 0 Å². The number of anilines is 1.